The van der Waals surface area contributed by atoms with E-state index in [1.807, 2.05) is 12.1 Å². The fourth-order valence-electron chi connectivity index (χ4n) is 10.3. The Labute approximate surface area is 361 Å². The average molecular weight is 795 g/mol. The minimum atomic E-state index is -0.460. The molecule has 62 heavy (non-hydrogen) atoms. The quantitative estimate of drug-likeness (QED) is 0.161. The molecule has 2 aromatic heterocycles. The fraction of sp³-hybridized carbons (Fsp3) is 0.0847. The molecule has 0 N–H and O–H groups in total. The fourth-order valence-corrected chi connectivity index (χ4v) is 10.3. The normalized spacial score (nSPS) is 17.9. The molecule has 12 rings (SSSR count). The molecule has 0 spiro atoms. The van der Waals surface area contributed by atoms with Crippen LogP contribution in [0.15, 0.2) is 228 Å². The van der Waals surface area contributed by atoms with E-state index in [0.29, 0.717) is 0 Å². The summed E-state index contributed by atoms with van der Waals surface area (Å²) in [5.41, 5.74) is 17.5. The molecule has 0 amide bonds. The molecule has 3 nitrogen and oxygen atoms in total. The van der Waals surface area contributed by atoms with Crippen molar-refractivity contribution in [1.82, 2.24) is 9.97 Å². The maximum absolute atomic E-state index is 6.65. The van der Waals surface area contributed by atoms with Crippen LogP contribution < -0.4 is 0 Å². The summed E-state index contributed by atoms with van der Waals surface area (Å²) in [7, 11) is 0. The highest BCUT2D eigenvalue weighted by Gasteiger charge is 2.50. The number of para-hydroxylation sites is 2. The van der Waals surface area contributed by atoms with Gasteiger partial charge >= 0.3 is 0 Å². The molecule has 3 aliphatic rings. The highest BCUT2D eigenvalue weighted by atomic mass is 16.3. The van der Waals surface area contributed by atoms with Gasteiger partial charge in [-0.05, 0) is 93.1 Å². The zero-order chi connectivity index (χ0) is 41.0. The predicted octanol–water partition coefficient (Wildman–Crippen LogP) is 15.1. The summed E-state index contributed by atoms with van der Waals surface area (Å²) in [4.78, 5) is 11.1. The van der Waals surface area contributed by atoms with Crippen LogP contribution in [0.5, 0.6) is 0 Å². The first-order chi connectivity index (χ1) is 30.7. The van der Waals surface area contributed by atoms with Crippen LogP contribution in [0.2, 0.25) is 0 Å². The lowest BCUT2D eigenvalue weighted by molar-refractivity contribution is 0.669. The van der Waals surface area contributed by atoms with E-state index in [-0.39, 0.29) is 5.92 Å². The van der Waals surface area contributed by atoms with Gasteiger partial charge in [-0.25, -0.2) is 9.97 Å². The number of hydrogen-bond acceptors (Lipinski definition) is 3. The Hall–Kier alpha value is -7.62. The number of fused-ring (bicyclic) bond motifs is 6. The molecule has 294 valence electrons. The van der Waals surface area contributed by atoms with Gasteiger partial charge < -0.3 is 4.42 Å². The summed E-state index contributed by atoms with van der Waals surface area (Å²) >= 11 is 0. The van der Waals surface area contributed by atoms with Crippen LogP contribution in [-0.4, -0.2) is 9.97 Å². The third-order valence-corrected chi connectivity index (χ3v) is 13.2. The highest BCUT2D eigenvalue weighted by Crippen LogP contribution is 2.60. The van der Waals surface area contributed by atoms with Gasteiger partial charge in [0.05, 0.1) is 16.8 Å². The molecule has 7 aromatic carbocycles. The average Bonchev–Trinajstić information content (AvgIpc) is 3.89. The van der Waals surface area contributed by atoms with Crippen LogP contribution in [0, 0.1) is 0 Å². The number of furan rings is 1. The van der Waals surface area contributed by atoms with Gasteiger partial charge in [0.2, 0.25) is 0 Å². The molecule has 0 radical (unpaired) electrons. The van der Waals surface area contributed by atoms with Crippen molar-refractivity contribution in [3.63, 3.8) is 0 Å². The monoisotopic (exact) mass is 794 g/mol. The second-order valence-corrected chi connectivity index (χ2v) is 16.6. The third kappa shape index (κ3) is 5.80. The van der Waals surface area contributed by atoms with Gasteiger partial charge in [0.1, 0.15) is 17.0 Å². The van der Waals surface area contributed by atoms with E-state index in [4.69, 9.17) is 14.4 Å². The molecular formula is C59H42N2O. The van der Waals surface area contributed by atoms with Crippen LogP contribution in [0.1, 0.15) is 47.7 Å². The maximum Gasteiger partial charge on any atom is 0.144 e. The number of allylic oxidation sites excluding steroid dienone is 8. The first-order valence-corrected chi connectivity index (χ1v) is 21.7. The lowest BCUT2D eigenvalue weighted by Crippen LogP contribution is -2.30. The van der Waals surface area contributed by atoms with Gasteiger partial charge in [0, 0.05) is 27.8 Å². The Bertz CT molecular complexity index is 3310. The first-order valence-electron chi connectivity index (χ1n) is 21.7. The maximum atomic E-state index is 6.65. The number of hydrogen-bond donors (Lipinski definition) is 0. The standard InChI is InChI=1S/C59H42N2O/c1-4-17-39(18-5-1)40-31-33-41(34-32-40)45-23-10-11-25-48(45)54-38-55(51-28-16-27-50-49-26-13-15-30-56(49)62-57(50)51)61-58(60-54)42-35-36-47-46-24-12-14-29-52(46)59(53(47)37-42,43-19-6-2-7-20-43)44-21-8-3-9-22-44/h1-2,4-8,10-34,36-38,42H,3,9,35H2. The molecule has 2 heterocycles. The van der Waals surface area contributed by atoms with Gasteiger partial charge in [0.15, 0.2) is 0 Å². The molecule has 9 aromatic rings. The zero-order valence-electron chi connectivity index (χ0n) is 34.2. The molecular weight excluding hydrogens is 753 g/mol. The van der Waals surface area contributed by atoms with Crippen molar-refractivity contribution in [1.29, 1.82) is 0 Å². The predicted molar refractivity (Wildman–Crippen MR) is 255 cm³/mol. The first kappa shape index (κ1) is 36.2. The smallest absolute Gasteiger partial charge is 0.144 e. The SMILES string of the molecule is C1=CC(C2(c3ccccc3)C3=CC(c4nc(-c5ccccc5-c5ccc(-c6ccccc6)cc5)cc(-c5cccc6c5oc5ccccc56)n4)CC=C3c3ccccc32)=CCC1. The molecule has 0 saturated carbocycles. The van der Waals surface area contributed by atoms with Crippen molar-refractivity contribution in [2.45, 2.75) is 30.6 Å². The van der Waals surface area contributed by atoms with E-state index in [1.165, 1.54) is 44.5 Å². The van der Waals surface area contributed by atoms with Gasteiger partial charge in [-0.3, -0.25) is 0 Å². The van der Waals surface area contributed by atoms with E-state index in [0.717, 1.165) is 80.7 Å². The second kappa shape index (κ2) is 14.8. The Balaban J connectivity index is 1.06. The number of benzene rings is 7. The Kier molecular flexibility index (Phi) is 8.67. The molecule has 0 fully saturated rings. The van der Waals surface area contributed by atoms with E-state index in [1.54, 1.807) is 0 Å². The second-order valence-electron chi connectivity index (χ2n) is 16.6. The lowest BCUT2D eigenvalue weighted by atomic mass is 9.65. The van der Waals surface area contributed by atoms with Crippen LogP contribution >= 0.6 is 0 Å². The van der Waals surface area contributed by atoms with E-state index >= 15 is 0 Å². The van der Waals surface area contributed by atoms with Gasteiger partial charge in [-0.1, -0.05) is 194 Å². The summed E-state index contributed by atoms with van der Waals surface area (Å²) in [5, 5.41) is 2.18. The topological polar surface area (TPSA) is 38.9 Å². The van der Waals surface area contributed by atoms with Crippen molar-refractivity contribution >= 4 is 27.5 Å². The molecule has 2 unspecified atom stereocenters. The Morgan fingerprint density at radius 1 is 0.516 bits per heavy atom. The summed E-state index contributed by atoms with van der Waals surface area (Å²) in [6, 6.07) is 65.1. The van der Waals surface area contributed by atoms with E-state index in [2.05, 4.69) is 200 Å². The summed E-state index contributed by atoms with van der Waals surface area (Å²) in [5.74, 6) is 0.721. The Morgan fingerprint density at radius 3 is 1.97 bits per heavy atom. The van der Waals surface area contributed by atoms with Crippen molar-refractivity contribution < 1.29 is 4.42 Å². The molecule has 2 atom stereocenters. The number of rotatable bonds is 7. The number of aromatic nitrogens is 2. The summed E-state index contributed by atoms with van der Waals surface area (Å²) < 4.78 is 6.65. The lowest BCUT2D eigenvalue weighted by Gasteiger charge is -2.37. The van der Waals surface area contributed by atoms with Crippen LogP contribution in [0.4, 0.5) is 0 Å². The number of nitrogens with zero attached hydrogens (tertiary/aromatic N) is 2. The van der Waals surface area contributed by atoms with Gasteiger partial charge in [-0.2, -0.15) is 0 Å². The summed E-state index contributed by atoms with van der Waals surface area (Å²) in [6.45, 7) is 0. The van der Waals surface area contributed by atoms with Gasteiger partial charge in [-0.15, -0.1) is 0 Å². The van der Waals surface area contributed by atoms with Crippen molar-refractivity contribution in [2.75, 3.05) is 0 Å². The van der Waals surface area contributed by atoms with Crippen molar-refractivity contribution in [3.05, 3.63) is 246 Å². The van der Waals surface area contributed by atoms with E-state index in [9.17, 15) is 0 Å². The molecule has 3 heteroatoms. The summed E-state index contributed by atoms with van der Waals surface area (Å²) in [6.07, 6.45) is 15.0. The van der Waals surface area contributed by atoms with Crippen molar-refractivity contribution in [3.8, 4) is 44.8 Å². The highest BCUT2D eigenvalue weighted by molar-refractivity contribution is 6.09. The molecule has 3 aliphatic carbocycles. The van der Waals surface area contributed by atoms with Gasteiger partial charge in [0.25, 0.3) is 0 Å². The minimum Gasteiger partial charge on any atom is -0.455 e. The van der Waals surface area contributed by atoms with E-state index < -0.39 is 5.41 Å². The molecule has 0 bridgehead atoms. The minimum absolute atomic E-state index is 0.0785. The zero-order valence-corrected chi connectivity index (χ0v) is 34.2. The molecule has 0 aliphatic heterocycles. The third-order valence-electron chi connectivity index (χ3n) is 13.2. The van der Waals surface area contributed by atoms with Crippen LogP contribution in [-0.2, 0) is 5.41 Å². The van der Waals surface area contributed by atoms with Crippen LogP contribution in [0.3, 0.4) is 0 Å². The largest absolute Gasteiger partial charge is 0.455 e. The molecule has 0 saturated heterocycles. The van der Waals surface area contributed by atoms with Crippen LogP contribution in [0.25, 0.3) is 72.3 Å². The Morgan fingerprint density at radius 2 is 1.16 bits per heavy atom. The van der Waals surface area contributed by atoms with Crippen molar-refractivity contribution in [2.24, 2.45) is 0 Å².